The molecule has 1 aromatic rings. The molecule has 0 bridgehead atoms. The molecule has 0 fully saturated rings. The fraction of sp³-hybridized carbons (Fsp3) is 0.429. The van der Waals surface area contributed by atoms with Crippen LogP contribution in [0.4, 0.5) is 0 Å². The van der Waals surface area contributed by atoms with E-state index in [4.69, 9.17) is 0 Å². The molecule has 1 nitrogen and oxygen atoms in total. The predicted octanol–water partition coefficient (Wildman–Crippen LogP) is 10.7. The van der Waals surface area contributed by atoms with Gasteiger partial charge in [0.15, 0.2) is 0 Å². The normalized spacial score (nSPS) is 30.5. The highest BCUT2D eigenvalue weighted by Crippen LogP contribution is 2.53. The summed E-state index contributed by atoms with van der Waals surface area (Å²) in [5.74, 6) is 2.84. The van der Waals surface area contributed by atoms with Crippen LogP contribution in [0.15, 0.2) is 135 Å². The van der Waals surface area contributed by atoms with Gasteiger partial charge in [-0.15, -0.1) is 0 Å². The topological polar surface area (TPSA) is 12.0 Å². The molecule has 4 unspecified atom stereocenters. The highest BCUT2D eigenvalue weighted by atomic mass is 14.8. The Morgan fingerprint density at radius 2 is 1.14 bits per heavy atom. The first-order valence-electron chi connectivity index (χ1n) is 17.4. The number of hydrogen-bond donors (Lipinski definition) is 1. The number of nitrogens with one attached hydrogen (secondary N) is 1. The van der Waals surface area contributed by atoms with E-state index < -0.39 is 0 Å². The van der Waals surface area contributed by atoms with E-state index in [2.05, 4.69) is 90.5 Å². The fourth-order valence-corrected chi connectivity index (χ4v) is 9.66. The van der Waals surface area contributed by atoms with Crippen molar-refractivity contribution < 1.29 is 0 Å². The second kappa shape index (κ2) is 12.0. The van der Waals surface area contributed by atoms with Gasteiger partial charge in [0, 0.05) is 12.7 Å². The Hall–Kier alpha value is -3.32. The van der Waals surface area contributed by atoms with Gasteiger partial charge in [-0.3, -0.25) is 0 Å². The third-order valence-electron chi connectivity index (χ3n) is 11.8. The summed E-state index contributed by atoms with van der Waals surface area (Å²) in [6.45, 7) is 1.10. The first-order chi connectivity index (χ1) is 21.3. The second-order valence-corrected chi connectivity index (χ2v) is 13.9. The molecule has 1 aromatic carbocycles. The molecule has 0 saturated heterocycles. The van der Waals surface area contributed by atoms with E-state index >= 15 is 0 Å². The van der Waals surface area contributed by atoms with Crippen LogP contribution >= 0.6 is 0 Å². The van der Waals surface area contributed by atoms with E-state index in [0.717, 1.165) is 12.5 Å². The molecule has 7 aliphatic rings. The molecule has 220 valence electrons. The van der Waals surface area contributed by atoms with Crippen molar-refractivity contribution >= 4 is 0 Å². The van der Waals surface area contributed by atoms with Crippen molar-refractivity contribution in [3.8, 4) is 0 Å². The molecule has 0 amide bonds. The minimum absolute atomic E-state index is 0.692. The highest BCUT2D eigenvalue weighted by Gasteiger charge is 2.40. The number of hydrogen-bond acceptors (Lipinski definition) is 1. The van der Waals surface area contributed by atoms with Crippen LogP contribution in [-0.4, -0.2) is 6.54 Å². The van der Waals surface area contributed by atoms with Gasteiger partial charge < -0.3 is 5.32 Å². The Balaban J connectivity index is 1.06. The van der Waals surface area contributed by atoms with Crippen LogP contribution in [0.1, 0.15) is 95.0 Å². The van der Waals surface area contributed by atoms with Crippen molar-refractivity contribution in [1.29, 1.82) is 0 Å². The number of rotatable bonds is 5. The number of fused-ring (bicyclic) bond motifs is 2. The van der Waals surface area contributed by atoms with E-state index in [1.807, 2.05) is 5.57 Å². The molecule has 0 saturated carbocycles. The van der Waals surface area contributed by atoms with Gasteiger partial charge in [-0.25, -0.2) is 0 Å². The van der Waals surface area contributed by atoms with E-state index in [1.54, 1.807) is 44.6 Å². The van der Waals surface area contributed by atoms with E-state index in [-0.39, 0.29) is 0 Å². The Labute approximate surface area is 259 Å². The lowest BCUT2D eigenvalue weighted by atomic mass is 9.60. The summed E-state index contributed by atoms with van der Waals surface area (Å²) in [4.78, 5) is 0. The zero-order valence-corrected chi connectivity index (χ0v) is 25.8. The lowest BCUT2D eigenvalue weighted by Crippen LogP contribution is -2.31. The van der Waals surface area contributed by atoms with Crippen LogP contribution in [0.5, 0.6) is 0 Å². The standard InChI is InChI=1S/C42H47N/c1-2-8-32(9-3-1)35-22-24-41(39-12-6-4-10-37(35)39)42-25-23-36(38-11-5-7-13-40(38)42)33-20-18-30(19-21-33)29-14-16-31(17-15-29)34-26-27-43-28-34/h1-3,5-6,8-9,11-12,14,16,18,20,28,35,37,40,42-43H,4,7,10,13,15,17,19,21-27H2. The molecule has 1 heterocycles. The molecular weight excluding hydrogens is 518 g/mol. The maximum Gasteiger partial charge on any atom is 0.0182 e. The Morgan fingerprint density at radius 3 is 1.81 bits per heavy atom. The van der Waals surface area contributed by atoms with E-state index in [0.29, 0.717) is 17.8 Å². The summed E-state index contributed by atoms with van der Waals surface area (Å²) in [6.07, 6.45) is 38.4. The Bertz CT molecular complexity index is 1540. The summed E-state index contributed by atoms with van der Waals surface area (Å²) < 4.78 is 0. The van der Waals surface area contributed by atoms with Crippen molar-refractivity contribution in [3.05, 3.63) is 141 Å². The average Bonchev–Trinajstić information content (AvgIpc) is 3.63. The first-order valence-corrected chi connectivity index (χ1v) is 17.4. The maximum absolute atomic E-state index is 3.38. The molecule has 8 rings (SSSR count). The van der Waals surface area contributed by atoms with Crippen LogP contribution < -0.4 is 5.32 Å². The monoisotopic (exact) mass is 565 g/mol. The average molecular weight is 566 g/mol. The lowest BCUT2D eigenvalue weighted by molar-refractivity contribution is 0.319. The molecule has 4 atom stereocenters. The minimum atomic E-state index is 0.692. The van der Waals surface area contributed by atoms with Crippen LogP contribution in [0.25, 0.3) is 0 Å². The van der Waals surface area contributed by atoms with Crippen LogP contribution in [0, 0.1) is 17.8 Å². The van der Waals surface area contributed by atoms with Gasteiger partial charge >= 0.3 is 0 Å². The van der Waals surface area contributed by atoms with Gasteiger partial charge in [0.1, 0.15) is 0 Å². The molecule has 0 radical (unpaired) electrons. The van der Waals surface area contributed by atoms with Gasteiger partial charge in [0.2, 0.25) is 0 Å². The summed E-state index contributed by atoms with van der Waals surface area (Å²) >= 11 is 0. The van der Waals surface area contributed by atoms with Gasteiger partial charge in [-0.05, 0) is 157 Å². The second-order valence-electron chi connectivity index (χ2n) is 13.9. The summed E-state index contributed by atoms with van der Waals surface area (Å²) in [7, 11) is 0. The molecule has 6 aliphatic carbocycles. The van der Waals surface area contributed by atoms with Crippen LogP contribution in [0.2, 0.25) is 0 Å². The van der Waals surface area contributed by atoms with Crippen molar-refractivity contribution in [3.63, 3.8) is 0 Å². The maximum atomic E-state index is 3.38. The molecular formula is C42H47N. The third kappa shape index (κ3) is 5.24. The van der Waals surface area contributed by atoms with Crippen LogP contribution in [-0.2, 0) is 0 Å². The SMILES string of the molecule is C1=CC2=C(C3=CC=C(C4=CC=C(C5=CNCC5)CC4)CC3)CCC(C3=C4C=CCCC4C(c4ccccc4)CC3)C2CC1. The minimum Gasteiger partial charge on any atom is -0.390 e. The lowest BCUT2D eigenvalue weighted by Gasteiger charge is -2.44. The smallest absolute Gasteiger partial charge is 0.0182 e. The Kier molecular flexibility index (Phi) is 7.60. The molecule has 1 heteroatoms. The number of benzene rings is 1. The summed E-state index contributed by atoms with van der Waals surface area (Å²) in [5.41, 5.74) is 16.4. The van der Waals surface area contributed by atoms with Crippen molar-refractivity contribution in [2.45, 2.75) is 89.4 Å². The zero-order chi connectivity index (χ0) is 28.6. The van der Waals surface area contributed by atoms with Gasteiger partial charge in [-0.1, -0.05) is 84.5 Å². The van der Waals surface area contributed by atoms with E-state index in [9.17, 15) is 0 Å². The fourth-order valence-electron chi connectivity index (χ4n) is 9.66. The number of allylic oxidation sites excluding steroid dienone is 16. The molecule has 0 aromatic heterocycles. The largest absolute Gasteiger partial charge is 0.390 e. The van der Waals surface area contributed by atoms with Gasteiger partial charge in [0.25, 0.3) is 0 Å². The third-order valence-corrected chi connectivity index (χ3v) is 11.8. The van der Waals surface area contributed by atoms with E-state index in [1.165, 1.54) is 89.0 Å². The molecule has 43 heavy (non-hydrogen) atoms. The quantitative estimate of drug-likeness (QED) is 0.374. The molecule has 1 aliphatic heterocycles. The highest BCUT2D eigenvalue weighted by molar-refractivity contribution is 5.52. The van der Waals surface area contributed by atoms with Crippen molar-refractivity contribution in [2.24, 2.45) is 17.8 Å². The van der Waals surface area contributed by atoms with Crippen LogP contribution in [0.3, 0.4) is 0 Å². The van der Waals surface area contributed by atoms with Gasteiger partial charge in [-0.2, -0.15) is 0 Å². The van der Waals surface area contributed by atoms with Gasteiger partial charge in [0.05, 0.1) is 0 Å². The first kappa shape index (κ1) is 27.2. The predicted molar refractivity (Wildman–Crippen MR) is 180 cm³/mol. The molecule has 1 N–H and O–H groups in total. The Morgan fingerprint density at radius 1 is 0.512 bits per heavy atom. The summed E-state index contributed by atoms with van der Waals surface area (Å²) in [6, 6.07) is 11.4. The van der Waals surface area contributed by atoms with Crippen molar-refractivity contribution in [2.75, 3.05) is 6.54 Å². The zero-order valence-electron chi connectivity index (χ0n) is 25.8. The summed E-state index contributed by atoms with van der Waals surface area (Å²) in [5, 5.41) is 3.38. The van der Waals surface area contributed by atoms with Crippen molar-refractivity contribution in [1.82, 2.24) is 5.32 Å². The molecule has 0 spiro atoms.